The van der Waals surface area contributed by atoms with E-state index in [1.165, 1.54) is 11.3 Å². The third-order valence-electron chi connectivity index (χ3n) is 5.51. The summed E-state index contributed by atoms with van der Waals surface area (Å²) in [6.45, 7) is 8.36. The highest BCUT2D eigenvalue weighted by atomic mass is 16.3. The van der Waals surface area contributed by atoms with Crippen molar-refractivity contribution in [3.8, 4) is 28.3 Å². The number of nitrogens with zero attached hydrogens (tertiary/aromatic N) is 4. The number of likely N-dealkylation sites (N-methyl/N-ethyl adjacent to an activating group) is 1. The smallest absolute Gasteiger partial charge is 0.118 e. The number of hydrogen-bond donors (Lipinski definition) is 1. The standard InChI is InChI=1S/C23H26N4O/c1-16-13-19(27-10-8-26(3)9-11-27)5-6-20(16)22-14-21(24-15-25-22)18-4-7-23(28)17(2)12-18/h4-7,12-15,28H,8-11H2,1-3H3. The van der Waals surface area contributed by atoms with Crippen LogP contribution in [0.15, 0.2) is 48.8 Å². The van der Waals surface area contributed by atoms with E-state index in [2.05, 4.69) is 51.9 Å². The zero-order chi connectivity index (χ0) is 19.7. The fourth-order valence-electron chi connectivity index (χ4n) is 3.67. The van der Waals surface area contributed by atoms with Gasteiger partial charge in [0.1, 0.15) is 12.1 Å². The Labute approximate surface area is 166 Å². The van der Waals surface area contributed by atoms with Gasteiger partial charge in [-0.1, -0.05) is 6.07 Å². The molecule has 0 unspecified atom stereocenters. The van der Waals surface area contributed by atoms with Crippen molar-refractivity contribution in [2.45, 2.75) is 13.8 Å². The molecule has 144 valence electrons. The first kappa shape index (κ1) is 18.4. The summed E-state index contributed by atoms with van der Waals surface area (Å²) < 4.78 is 0. The zero-order valence-electron chi connectivity index (χ0n) is 16.7. The molecule has 1 aliphatic heterocycles. The minimum atomic E-state index is 0.299. The number of benzene rings is 2. The topological polar surface area (TPSA) is 52.5 Å². The Kier molecular flexibility index (Phi) is 5.01. The molecule has 1 N–H and O–H groups in total. The van der Waals surface area contributed by atoms with Gasteiger partial charge in [0.2, 0.25) is 0 Å². The van der Waals surface area contributed by atoms with Gasteiger partial charge in [-0.3, -0.25) is 0 Å². The van der Waals surface area contributed by atoms with Crippen LogP contribution in [0.3, 0.4) is 0 Å². The molecule has 1 aliphatic rings. The minimum Gasteiger partial charge on any atom is -0.508 e. The second-order valence-corrected chi connectivity index (χ2v) is 7.58. The Morgan fingerprint density at radius 3 is 2.29 bits per heavy atom. The van der Waals surface area contributed by atoms with Crippen LogP contribution in [0.1, 0.15) is 11.1 Å². The number of aryl methyl sites for hydroxylation is 2. The fourth-order valence-corrected chi connectivity index (χ4v) is 3.67. The van der Waals surface area contributed by atoms with Crippen molar-refractivity contribution in [3.63, 3.8) is 0 Å². The van der Waals surface area contributed by atoms with Crippen LogP contribution in [0.5, 0.6) is 5.75 Å². The summed E-state index contributed by atoms with van der Waals surface area (Å²) in [7, 11) is 2.17. The minimum absolute atomic E-state index is 0.299. The zero-order valence-corrected chi connectivity index (χ0v) is 16.7. The number of piperazine rings is 1. The average molecular weight is 374 g/mol. The van der Waals surface area contributed by atoms with E-state index in [1.807, 2.05) is 25.1 Å². The van der Waals surface area contributed by atoms with Crippen molar-refractivity contribution in [2.24, 2.45) is 0 Å². The lowest BCUT2D eigenvalue weighted by Crippen LogP contribution is -2.44. The van der Waals surface area contributed by atoms with Crippen molar-refractivity contribution in [2.75, 3.05) is 38.1 Å². The summed E-state index contributed by atoms with van der Waals surface area (Å²) in [5, 5.41) is 9.77. The Balaban J connectivity index is 1.63. The number of rotatable bonds is 3. The average Bonchev–Trinajstić information content (AvgIpc) is 2.70. The summed E-state index contributed by atoms with van der Waals surface area (Å²) in [6.07, 6.45) is 1.61. The van der Waals surface area contributed by atoms with Crippen LogP contribution in [0.25, 0.3) is 22.5 Å². The van der Waals surface area contributed by atoms with E-state index in [9.17, 15) is 5.11 Å². The molecule has 0 amide bonds. The molecule has 5 nitrogen and oxygen atoms in total. The monoisotopic (exact) mass is 374 g/mol. The largest absolute Gasteiger partial charge is 0.508 e. The number of aromatic nitrogens is 2. The van der Waals surface area contributed by atoms with E-state index in [-0.39, 0.29) is 0 Å². The molecule has 0 spiro atoms. The summed E-state index contributed by atoms with van der Waals surface area (Å²) >= 11 is 0. The molecule has 1 aromatic heterocycles. The highest BCUT2D eigenvalue weighted by molar-refractivity contribution is 5.72. The maximum absolute atomic E-state index is 9.77. The lowest BCUT2D eigenvalue weighted by Gasteiger charge is -2.34. The molecule has 1 fully saturated rings. The van der Waals surface area contributed by atoms with Crippen LogP contribution in [0.2, 0.25) is 0 Å². The highest BCUT2D eigenvalue weighted by Gasteiger charge is 2.15. The molecule has 2 aromatic carbocycles. The van der Waals surface area contributed by atoms with E-state index < -0.39 is 0 Å². The summed E-state index contributed by atoms with van der Waals surface area (Å²) in [5.41, 5.74) is 7.20. The molecule has 3 aromatic rings. The van der Waals surface area contributed by atoms with Crippen molar-refractivity contribution in [1.82, 2.24) is 14.9 Å². The molecule has 0 bridgehead atoms. The molecule has 1 saturated heterocycles. The molecule has 5 heteroatoms. The molecule has 0 saturated carbocycles. The van der Waals surface area contributed by atoms with Crippen LogP contribution < -0.4 is 4.90 Å². The molecule has 0 aliphatic carbocycles. The third kappa shape index (κ3) is 3.71. The number of phenolic OH excluding ortho intramolecular Hbond substituents is 1. The molecule has 4 rings (SSSR count). The Morgan fingerprint density at radius 2 is 1.57 bits per heavy atom. The summed E-state index contributed by atoms with van der Waals surface area (Å²) in [5.74, 6) is 0.299. The fraction of sp³-hybridized carbons (Fsp3) is 0.304. The first-order valence-electron chi connectivity index (χ1n) is 9.68. The lowest BCUT2D eigenvalue weighted by atomic mass is 10.0. The van der Waals surface area contributed by atoms with Gasteiger partial charge in [0, 0.05) is 43.0 Å². The molecular weight excluding hydrogens is 348 g/mol. The van der Waals surface area contributed by atoms with Gasteiger partial charge in [0.15, 0.2) is 0 Å². The number of phenols is 1. The van der Waals surface area contributed by atoms with Gasteiger partial charge in [0.25, 0.3) is 0 Å². The van der Waals surface area contributed by atoms with Gasteiger partial charge in [-0.15, -0.1) is 0 Å². The number of hydrogen-bond acceptors (Lipinski definition) is 5. The van der Waals surface area contributed by atoms with Crippen molar-refractivity contribution >= 4 is 5.69 Å². The van der Waals surface area contributed by atoms with Crippen molar-refractivity contribution in [3.05, 3.63) is 59.9 Å². The second-order valence-electron chi connectivity index (χ2n) is 7.58. The highest BCUT2D eigenvalue weighted by Crippen LogP contribution is 2.30. The van der Waals surface area contributed by atoms with E-state index in [1.54, 1.807) is 12.4 Å². The van der Waals surface area contributed by atoms with Gasteiger partial charge in [-0.25, -0.2) is 9.97 Å². The van der Waals surface area contributed by atoms with Crippen molar-refractivity contribution in [1.29, 1.82) is 0 Å². The van der Waals surface area contributed by atoms with E-state index >= 15 is 0 Å². The first-order valence-corrected chi connectivity index (χ1v) is 9.68. The number of aromatic hydroxyl groups is 1. The van der Waals surface area contributed by atoms with E-state index in [0.717, 1.165) is 54.3 Å². The maximum Gasteiger partial charge on any atom is 0.118 e. The van der Waals surface area contributed by atoms with Crippen LogP contribution in [0, 0.1) is 13.8 Å². The maximum atomic E-state index is 9.77. The van der Waals surface area contributed by atoms with Gasteiger partial charge in [-0.2, -0.15) is 0 Å². The van der Waals surface area contributed by atoms with Crippen LogP contribution >= 0.6 is 0 Å². The Bertz CT molecular complexity index is 994. The molecule has 28 heavy (non-hydrogen) atoms. The summed E-state index contributed by atoms with van der Waals surface area (Å²) in [6, 6.07) is 14.2. The lowest BCUT2D eigenvalue weighted by molar-refractivity contribution is 0.313. The normalized spacial score (nSPS) is 15.0. The molecule has 0 atom stereocenters. The molecule has 0 radical (unpaired) electrons. The van der Waals surface area contributed by atoms with E-state index in [4.69, 9.17) is 0 Å². The molecular formula is C23H26N4O. The van der Waals surface area contributed by atoms with Crippen LogP contribution in [-0.2, 0) is 0 Å². The summed E-state index contributed by atoms with van der Waals surface area (Å²) in [4.78, 5) is 13.7. The SMILES string of the molecule is Cc1cc(-c2cc(-c3ccc(N4CCN(C)CC4)cc3C)ncn2)ccc1O. The van der Waals surface area contributed by atoms with Gasteiger partial charge >= 0.3 is 0 Å². The molecule has 2 heterocycles. The Hall–Kier alpha value is -2.92. The van der Waals surface area contributed by atoms with Crippen molar-refractivity contribution < 1.29 is 5.11 Å². The van der Waals surface area contributed by atoms with Gasteiger partial charge in [-0.05, 0) is 68.4 Å². The van der Waals surface area contributed by atoms with Crippen LogP contribution in [-0.4, -0.2) is 53.2 Å². The first-order chi connectivity index (χ1) is 13.5. The Morgan fingerprint density at radius 1 is 0.821 bits per heavy atom. The van der Waals surface area contributed by atoms with E-state index in [0.29, 0.717) is 5.75 Å². The predicted molar refractivity (Wildman–Crippen MR) is 114 cm³/mol. The third-order valence-corrected chi connectivity index (χ3v) is 5.51. The predicted octanol–water partition coefficient (Wildman–Crippen LogP) is 3.88. The van der Waals surface area contributed by atoms with Gasteiger partial charge < -0.3 is 14.9 Å². The van der Waals surface area contributed by atoms with Crippen LogP contribution in [0.4, 0.5) is 5.69 Å². The number of anilines is 1. The quantitative estimate of drug-likeness (QED) is 0.754. The van der Waals surface area contributed by atoms with Gasteiger partial charge in [0.05, 0.1) is 11.4 Å². The second kappa shape index (κ2) is 7.60.